The fourth-order valence-electron chi connectivity index (χ4n) is 2.11. The number of benzene rings is 2. The van der Waals surface area contributed by atoms with Gasteiger partial charge in [0.2, 0.25) is 0 Å². The van der Waals surface area contributed by atoms with Gasteiger partial charge in [0, 0.05) is 11.1 Å². The monoisotopic (exact) mass is 312 g/mol. The SMILES string of the molecule is COc1ccc(/C(C)=N\NC(=O)c2cccc(C)c2)cc1OC. The van der Waals surface area contributed by atoms with Crippen molar-refractivity contribution in [2.75, 3.05) is 14.2 Å². The molecule has 0 heterocycles. The maximum Gasteiger partial charge on any atom is 0.271 e. The van der Waals surface area contributed by atoms with Crippen molar-refractivity contribution in [1.29, 1.82) is 0 Å². The first-order valence-electron chi connectivity index (χ1n) is 7.19. The summed E-state index contributed by atoms with van der Waals surface area (Å²) < 4.78 is 10.5. The Morgan fingerprint density at radius 3 is 2.39 bits per heavy atom. The first-order chi connectivity index (χ1) is 11.0. The summed E-state index contributed by atoms with van der Waals surface area (Å²) in [4.78, 5) is 12.1. The predicted molar refractivity (Wildman–Crippen MR) is 90.4 cm³/mol. The average Bonchev–Trinajstić information content (AvgIpc) is 2.58. The number of carbonyl (C=O) groups is 1. The number of rotatable bonds is 5. The molecule has 5 nitrogen and oxygen atoms in total. The van der Waals surface area contributed by atoms with Crippen LogP contribution in [0.15, 0.2) is 47.6 Å². The Morgan fingerprint density at radius 2 is 1.74 bits per heavy atom. The van der Waals surface area contributed by atoms with Crippen LogP contribution in [0.1, 0.15) is 28.4 Å². The summed E-state index contributed by atoms with van der Waals surface area (Å²) in [5.41, 5.74) is 5.68. The van der Waals surface area contributed by atoms with Crippen LogP contribution in [0, 0.1) is 6.92 Å². The standard InChI is InChI=1S/C18H20N2O3/c1-12-6-5-7-15(10-12)18(21)20-19-13(2)14-8-9-16(22-3)17(11-14)23-4/h5-11H,1-4H3,(H,20,21)/b19-13-. The summed E-state index contributed by atoms with van der Waals surface area (Å²) in [5.74, 6) is 1.02. The predicted octanol–water partition coefficient (Wildman–Crippen LogP) is 3.17. The average molecular weight is 312 g/mol. The topological polar surface area (TPSA) is 59.9 Å². The Balaban J connectivity index is 2.15. The van der Waals surface area contributed by atoms with E-state index in [1.807, 2.05) is 44.2 Å². The number of nitrogens with zero attached hydrogens (tertiary/aromatic N) is 1. The minimum Gasteiger partial charge on any atom is -0.493 e. The van der Waals surface area contributed by atoms with Crippen molar-refractivity contribution >= 4 is 11.6 Å². The van der Waals surface area contributed by atoms with Gasteiger partial charge in [0.15, 0.2) is 11.5 Å². The van der Waals surface area contributed by atoms with Gasteiger partial charge in [-0.15, -0.1) is 0 Å². The van der Waals surface area contributed by atoms with Gasteiger partial charge in [0.25, 0.3) is 5.91 Å². The third kappa shape index (κ3) is 4.10. The van der Waals surface area contributed by atoms with Crippen LogP contribution in [-0.2, 0) is 0 Å². The minimum absolute atomic E-state index is 0.242. The number of hydrogen-bond donors (Lipinski definition) is 1. The van der Waals surface area contributed by atoms with Gasteiger partial charge in [-0.3, -0.25) is 4.79 Å². The number of carbonyl (C=O) groups excluding carboxylic acids is 1. The van der Waals surface area contributed by atoms with E-state index in [4.69, 9.17) is 9.47 Å². The molecule has 2 aromatic rings. The fourth-order valence-corrected chi connectivity index (χ4v) is 2.11. The van der Waals surface area contributed by atoms with Crippen LogP contribution in [-0.4, -0.2) is 25.8 Å². The lowest BCUT2D eigenvalue weighted by Crippen LogP contribution is -2.19. The third-order valence-corrected chi connectivity index (χ3v) is 3.41. The van der Waals surface area contributed by atoms with Gasteiger partial charge in [-0.1, -0.05) is 17.7 Å². The van der Waals surface area contributed by atoms with Crippen molar-refractivity contribution in [1.82, 2.24) is 5.43 Å². The van der Waals surface area contributed by atoms with E-state index in [-0.39, 0.29) is 5.91 Å². The van der Waals surface area contributed by atoms with Gasteiger partial charge in [-0.05, 0) is 44.2 Å². The van der Waals surface area contributed by atoms with Crippen molar-refractivity contribution in [3.63, 3.8) is 0 Å². The molecule has 120 valence electrons. The van der Waals surface area contributed by atoms with E-state index in [0.29, 0.717) is 22.8 Å². The summed E-state index contributed by atoms with van der Waals surface area (Å²) in [6.45, 7) is 3.76. The van der Waals surface area contributed by atoms with Gasteiger partial charge in [-0.2, -0.15) is 5.10 Å². The van der Waals surface area contributed by atoms with Gasteiger partial charge in [0.1, 0.15) is 0 Å². The Morgan fingerprint density at radius 1 is 1.00 bits per heavy atom. The molecule has 23 heavy (non-hydrogen) atoms. The lowest BCUT2D eigenvalue weighted by molar-refractivity contribution is 0.0954. The van der Waals surface area contributed by atoms with Crippen LogP contribution in [0.3, 0.4) is 0 Å². The molecular formula is C18H20N2O3. The van der Waals surface area contributed by atoms with E-state index < -0.39 is 0 Å². The van der Waals surface area contributed by atoms with Crippen LogP contribution < -0.4 is 14.9 Å². The van der Waals surface area contributed by atoms with Crippen molar-refractivity contribution < 1.29 is 14.3 Å². The molecule has 0 fully saturated rings. The van der Waals surface area contributed by atoms with Crippen LogP contribution in [0.2, 0.25) is 0 Å². The summed E-state index contributed by atoms with van der Waals surface area (Å²) in [6.07, 6.45) is 0. The van der Waals surface area contributed by atoms with Gasteiger partial charge in [0.05, 0.1) is 19.9 Å². The number of nitrogens with one attached hydrogen (secondary N) is 1. The van der Waals surface area contributed by atoms with E-state index >= 15 is 0 Å². The molecule has 0 radical (unpaired) electrons. The molecule has 0 bridgehead atoms. The van der Waals surface area contributed by atoms with E-state index in [2.05, 4.69) is 10.5 Å². The van der Waals surface area contributed by atoms with E-state index in [0.717, 1.165) is 11.1 Å². The molecule has 0 aliphatic rings. The largest absolute Gasteiger partial charge is 0.493 e. The van der Waals surface area contributed by atoms with E-state index in [1.54, 1.807) is 26.4 Å². The molecule has 0 spiro atoms. The number of hydrogen-bond acceptors (Lipinski definition) is 4. The van der Waals surface area contributed by atoms with Gasteiger partial charge >= 0.3 is 0 Å². The summed E-state index contributed by atoms with van der Waals surface area (Å²) in [7, 11) is 3.16. The molecule has 1 N–H and O–H groups in total. The molecule has 0 aromatic heterocycles. The Kier molecular flexibility index (Phi) is 5.36. The third-order valence-electron chi connectivity index (χ3n) is 3.41. The zero-order chi connectivity index (χ0) is 16.8. The zero-order valence-corrected chi connectivity index (χ0v) is 13.7. The Bertz CT molecular complexity index is 739. The second-order valence-electron chi connectivity index (χ2n) is 5.08. The molecule has 5 heteroatoms. The molecule has 0 saturated carbocycles. The van der Waals surface area contributed by atoms with Gasteiger partial charge in [-0.25, -0.2) is 5.43 Å². The molecule has 2 rings (SSSR count). The Hall–Kier alpha value is -2.82. The maximum atomic E-state index is 12.1. The molecule has 0 aliphatic heterocycles. The van der Waals surface area contributed by atoms with E-state index in [9.17, 15) is 4.79 Å². The summed E-state index contributed by atoms with van der Waals surface area (Å²) in [5, 5.41) is 4.15. The molecular weight excluding hydrogens is 292 g/mol. The summed E-state index contributed by atoms with van der Waals surface area (Å²) in [6, 6.07) is 12.8. The summed E-state index contributed by atoms with van der Waals surface area (Å²) >= 11 is 0. The second-order valence-corrected chi connectivity index (χ2v) is 5.08. The number of hydrazone groups is 1. The maximum absolute atomic E-state index is 12.1. The first kappa shape index (κ1) is 16.5. The molecule has 1 amide bonds. The number of amides is 1. The second kappa shape index (κ2) is 7.45. The highest BCUT2D eigenvalue weighted by Crippen LogP contribution is 2.27. The van der Waals surface area contributed by atoms with Crippen LogP contribution in [0.5, 0.6) is 11.5 Å². The lowest BCUT2D eigenvalue weighted by Gasteiger charge is -2.09. The van der Waals surface area contributed by atoms with Gasteiger partial charge < -0.3 is 9.47 Å². The zero-order valence-electron chi connectivity index (χ0n) is 13.7. The minimum atomic E-state index is -0.242. The first-order valence-corrected chi connectivity index (χ1v) is 7.19. The van der Waals surface area contributed by atoms with Crippen molar-refractivity contribution in [2.24, 2.45) is 5.10 Å². The normalized spacial score (nSPS) is 11.0. The van der Waals surface area contributed by atoms with Crippen molar-refractivity contribution in [2.45, 2.75) is 13.8 Å². The van der Waals surface area contributed by atoms with Crippen LogP contribution in [0.4, 0.5) is 0 Å². The smallest absolute Gasteiger partial charge is 0.271 e. The molecule has 0 aliphatic carbocycles. The highest BCUT2D eigenvalue weighted by atomic mass is 16.5. The number of aryl methyl sites for hydroxylation is 1. The van der Waals surface area contributed by atoms with Crippen molar-refractivity contribution in [3.05, 3.63) is 59.2 Å². The number of methoxy groups -OCH3 is 2. The Labute approximate surface area is 135 Å². The number of ether oxygens (including phenoxy) is 2. The van der Waals surface area contributed by atoms with Crippen molar-refractivity contribution in [3.8, 4) is 11.5 Å². The molecule has 0 unspecified atom stereocenters. The van der Waals surface area contributed by atoms with Crippen LogP contribution in [0.25, 0.3) is 0 Å². The highest BCUT2D eigenvalue weighted by Gasteiger charge is 2.08. The molecule has 0 saturated heterocycles. The molecule has 0 atom stereocenters. The van der Waals surface area contributed by atoms with Crippen LogP contribution >= 0.6 is 0 Å². The lowest BCUT2D eigenvalue weighted by atomic mass is 10.1. The quantitative estimate of drug-likeness (QED) is 0.681. The fraction of sp³-hybridized carbons (Fsp3) is 0.222. The highest BCUT2D eigenvalue weighted by molar-refractivity contribution is 6.01. The molecule has 2 aromatic carbocycles. The van der Waals surface area contributed by atoms with E-state index in [1.165, 1.54) is 0 Å².